The number of ether oxygens (including phenoxy) is 2. The molecule has 24 heavy (non-hydrogen) atoms. The normalized spacial score (nSPS) is 11.7. The van der Waals surface area contributed by atoms with E-state index < -0.39 is 0 Å². The lowest BCUT2D eigenvalue weighted by atomic mass is 10.0. The SMILES string of the molecule is CC[C@@H](NC(=O)c1ccccc1SC)c1ccc(OC)c(OC)c1. The van der Waals surface area contributed by atoms with Crippen molar-refractivity contribution in [1.82, 2.24) is 5.32 Å². The Morgan fingerprint density at radius 3 is 2.46 bits per heavy atom. The lowest BCUT2D eigenvalue weighted by Crippen LogP contribution is -2.28. The van der Waals surface area contributed by atoms with Gasteiger partial charge in [0.05, 0.1) is 25.8 Å². The predicted octanol–water partition coefficient (Wildman–Crippen LogP) is 4.31. The molecule has 0 heterocycles. The van der Waals surface area contributed by atoms with Gasteiger partial charge < -0.3 is 14.8 Å². The maximum atomic E-state index is 12.7. The van der Waals surface area contributed by atoms with Crippen molar-refractivity contribution in [2.45, 2.75) is 24.3 Å². The number of nitrogens with one attached hydrogen (secondary N) is 1. The second-order valence-electron chi connectivity index (χ2n) is 5.25. The van der Waals surface area contributed by atoms with Gasteiger partial charge in [-0.3, -0.25) is 4.79 Å². The Kier molecular flexibility index (Phi) is 6.55. The van der Waals surface area contributed by atoms with E-state index in [1.54, 1.807) is 26.0 Å². The largest absolute Gasteiger partial charge is 0.493 e. The molecule has 0 aliphatic heterocycles. The molecule has 0 radical (unpaired) electrons. The first kappa shape index (κ1) is 18.2. The van der Waals surface area contributed by atoms with Gasteiger partial charge in [-0.1, -0.05) is 25.1 Å². The van der Waals surface area contributed by atoms with Gasteiger partial charge in [-0.25, -0.2) is 0 Å². The number of thioether (sulfide) groups is 1. The number of hydrogen-bond acceptors (Lipinski definition) is 4. The van der Waals surface area contributed by atoms with Crippen LogP contribution in [-0.2, 0) is 0 Å². The van der Waals surface area contributed by atoms with Crippen molar-refractivity contribution in [1.29, 1.82) is 0 Å². The molecule has 1 N–H and O–H groups in total. The number of carbonyl (C=O) groups is 1. The van der Waals surface area contributed by atoms with E-state index in [4.69, 9.17) is 9.47 Å². The summed E-state index contributed by atoms with van der Waals surface area (Å²) in [6, 6.07) is 13.3. The zero-order valence-corrected chi connectivity index (χ0v) is 15.3. The molecule has 1 atom stereocenters. The summed E-state index contributed by atoms with van der Waals surface area (Å²) in [5, 5.41) is 3.11. The van der Waals surface area contributed by atoms with E-state index in [0.29, 0.717) is 17.1 Å². The van der Waals surface area contributed by atoms with Gasteiger partial charge in [0.15, 0.2) is 11.5 Å². The van der Waals surface area contributed by atoms with Gasteiger partial charge in [0.2, 0.25) is 0 Å². The van der Waals surface area contributed by atoms with Crippen LogP contribution in [0.1, 0.15) is 35.3 Å². The number of benzene rings is 2. The van der Waals surface area contributed by atoms with Crippen LogP contribution in [0, 0.1) is 0 Å². The highest BCUT2D eigenvalue weighted by Gasteiger charge is 2.18. The molecule has 5 heteroatoms. The Labute approximate surface area is 147 Å². The highest BCUT2D eigenvalue weighted by atomic mass is 32.2. The molecule has 0 spiro atoms. The van der Waals surface area contributed by atoms with Crippen molar-refractivity contribution >= 4 is 17.7 Å². The third-order valence-corrected chi connectivity index (χ3v) is 4.67. The molecule has 0 aromatic heterocycles. The molecule has 2 aromatic carbocycles. The third kappa shape index (κ3) is 4.03. The van der Waals surface area contributed by atoms with E-state index in [-0.39, 0.29) is 11.9 Å². The summed E-state index contributed by atoms with van der Waals surface area (Å²) in [5.41, 5.74) is 1.69. The van der Waals surface area contributed by atoms with Crippen molar-refractivity contribution in [3.63, 3.8) is 0 Å². The maximum Gasteiger partial charge on any atom is 0.252 e. The van der Waals surface area contributed by atoms with Crippen LogP contribution < -0.4 is 14.8 Å². The van der Waals surface area contributed by atoms with Crippen LogP contribution in [-0.4, -0.2) is 26.4 Å². The standard InChI is InChI=1S/C19H23NO3S/c1-5-15(13-10-11-16(22-2)17(12-13)23-3)20-19(21)14-8-6-7-9-18(14)24-4/h6-12,15H,5H2,1-4H3,(H,20,21)/t15-/m1/s1. The first-order valence-corrected chi connectivity index (χ1v) is 9.02. The Balaban J connectivity index is 2.24. The number of rotatable bonds is 7. The molecule has 2 aromatic rings. The minimum atomic E-state index is -0.0905. The van der Waals surface area contributed by atoms with E-state index >= 15 is 0 Å². The average molecular weight is 345 g/mol. The summed E-state index contributed by atoms with van der Waals surface area (Å²) in [4.78, 5) is 13.6. The zero-order valence-electron chi connectivity index (χ0n) is 14.5. The van der Waals surface area contributed by atoms with Gasteiger partial charge in [0, 0.05) is 4.90 Å². The summed E-state index contributed by atoms with van der Waals surface area (Å²) in [6.07, 6.45) is 2.75. The minimum absolute atomic E-state index is 0.0680. The monoisotopic (exact) mass is 345 g/mol. The molecule has 0 unspecified atom stereocenters. The molecule has 0 fully saturated rings. The van der Waals surface area contributed by atoms with Gasteiger partial charge in [-0.2, -0.15) is 0 Å². The number of hydrogen-bond donors (Lipinski definition) is 1. The average Bonchev–Trinajstić information content (AvgIpc) is 2.65. The van der Waals surface area contributed by atoms with E-state index in [1.165, 1.54) is 0 Å². The van der Waals surface area contributed by atoms with Gasteiger partial charge in [0.25, 0.3) is 5.91 Å². The topological polar surface area (TPSA) is 47.6 Å². The van der Waals surface area contributed by atoms with Crippen LogP contribution in [0.25, 0.3) is 0 Å². The first-order chi connectivity index (χ1) is 11.6. The fraction of sp³-hybridized carbons (Fsp3) is 0.316. The van der Waals surface area contributed by atoms with E-state index in [1.807, 2.05) is 55.6 Å². The fourth-order valence-electron chi connectivity index (χ4n) is 2.56. The van der Waals surface area contributed by atoms with Gasteiger partial charge in [-0.15, -0.1) is 11.8 Å². The van der Waals surface area contributed by atoms with Crippen LogP contribution in [0.2, 0.25) is 0 Å². The molecule has 4 nitrogen and oxygen atoms in total. The van der Waals surface area contributed by atoms with E-state index in [0.717, 1.165) is 16.9 Å². The van der Waals surface area contributed by atoms with Crippen molar-refractivity contribution in [3.05, 3.63) is 53.6 Å². The Morgan fingerprint density at radius 1 is 1.12 bits per heavy atom. The zero-order chi connectivity index (χ0) is 17.5. The molecular weight excluding hydrogens is 322 g/mol. The van der Waals surface area contributed by atoms with Gasteiger partial charge >= 0.3 is 0 Å². The van der Waals surface area contributed by atoms with Crippen molar-refractivity contribution in [2.24, 2.45) is 0 Å². The smallest absolute Gasteiger partial charge is 0.252 e. The molecule has 0 saturated heterocycles. The Bertz CT molecular complexity index is 703. The molecule has 0 saturated carbocycles. The quantitative estimate of drug-likeness (QED) is 0.760. The predicted molar refractivity (Wildman–Crippen MR) is 98.3 cm³/mol. The Hall–Kier alpha value is -2.14. The molecule has 128 valence electrons. The first-order valence-electron chi connectivity index (χ1n) is 7.80. The summed E-state index contributed by atoms with van der Waals surface area (Å²) in [5.74, 6) is 1.27. The number of carbonyl (C=O) groups excluding carboxylic acids is 1. The molecule has 0 aliphatic carbocycles. The van der Waals surface area contributed by atoms with Crippen molar-refractivity contribution in [2.75, 3.05) is 20.5 Å². The molecule has 2 rings (SSSR count). The van der Waals surface area contributed by atoms with Crippen LogP contribution in [0.5, 0.6) is 11.5 Å². The van der Waals surface area contributed by atoms with E-state index in [2.05, 4.69) is 5.32 Å². The maximum absolute atomic E-state index is 12.7. The molecule has 1 amide bonds. The fourth-order valence-corrected chi connectivity index (χ4v) is 3.15. The number of methoxy groups -OCH3 is 2. The third-order valence-electron chi connectivity index (χ3n) is 3.88. The Morgan fingerprint density at radius 2 is 1.83 bits per heavy atom. The lowest BCUT2D eigenvalue weighted by Gasteiger charge is -2.20. The van der Waals surface area contributed by atoms with Crippen molar-refractivity contribution < 1.29 is 14.3 Å². The molecule has 0 bridgehead atoms. The summed E-state index contributed by atoms with van der Waals surface area (Å²) >= 11 is 1.57. The lowest BCUT2D eigenvalue weighted by molar-refractivity contribution is 0.0932. The van der Waals surface area contributed by atoms with Gasteiger partial charge in [-0.05, 0) is 42.5 Å². The highest BCUT2D eigenvalue weighted by molar-refractivity contribution is 7.98. The minimum Gasteiger partial charge on any atom is -0.493 e. The number of amides is 1. The van der Waals surface area contributed by atoms with Crippen LogP contribution in [0.3, 0.4) is 0 Å². The highest BCUT2D eigenvalue weighted by Crippen LogP contribution is 2.31. The van der Waals surface area contributed by atoms with Crippen LogP contribution >= 0.6 is 11.8 Å². The summed E-state index contributed by atoms with van der Waals surface area (Å²) in [6.45, 7) is 2.04. The summed E-state index contributed by atoms with van der Waals surface area (Å²) < 4.78 is 10.6. The summed E-state index contributed by atoms with van der Waals surface area (Å²) in [7, 11) is 3.21. The second-order valence-corrected chi connectivity index (χ2v) is 6.10. The molecular formula is C19H23NO3S. The van der Waals surface area contributed by atoms with E-state index in [9.17, 15) is 4.79 Å². The van der Waals surface area contributed by atoms with Gasteiger partial charge in [0.1, 0.15) is 0 Å². The van der Waals surface area contributed by atoms with Crippen LogP contribution in [0.4, 0.5) is 0 Å². The second kappa shape index (κ2) is 8.64. The van der Waals surface area contributed by atoms with Crippen molar-refractivity contribution in [3.8, 4) is 11.5 Å². The van der Waals surface area contributed by atoms with Crippen LogP contribution in [0.15, 0.2) is 47.4 Å². The molecule has 0 aliphatic rings.